The van der Waals surface area contributed by atoms with Crippen molar-refractivity contribution in [1.29, 1.82) is 0 Å². The number of benzene rings is 2. The van der Waals surface area contributed by atoms with E-state index in [1.807, 2.05) is 17.9 Å². The molecule has 2 aliphatic heterocycles. The molecule has 0 radical (unpaired) electrons. The molecule has 0 spiro atoms. The lowest BCUT2D eigenvalue weighted by molar-refractivity contribution is 0.494. The van der Waals surface area contributed by atoms with E-state index >= 15 is 0 Å². The number of nitrogens with zero attached hydrogens (tertiary/aromatic N) is 7. The summed E-state index contributed by atoms with van der Waals surface area (Å²) >= 11 is 0. The zero-order valence-electron chi connectivity index (χ0n) is 20.2. The number of para-hydroxylation sites is 1. The van der Waals surface area contributed by atoms with Gasteiger partial charge in [0.15, 0.2) is 0 Å². The number of rotatable bonds is 3. The first-order chi connectivity index (χ1) is 17.5. The molecule has 182 valence electrons. The number of nitrogens with two attached hydrogens (primary N) is 1. The Morgan fingerprint density at radius 3 is 2.69 bits per heavy atom. The highest BCUT2D eigenvalue weighted by molar-refractivity contribution is 5.91. The van der Waals surface area contributed by atoms with E-state index in [1.54, 1.807) is 6.07 Å². The molecule has 0 unspecified atom stereocenters. The molecule has 9 heteroatoms. The Bertz CT molecular complexity index is 1500. The van der Waals surface area contributed by atoms with E-state index in [2.05, 4.69) is 37.9 Å². The predicted molar refractivity (Wildman–Crippen MR) is 139 cm³/mol. The van der Waals surface area contributed by atoms with Gasteiger partial charge in [-0.1, -0.05) is 24.3 Å². The van der Waals surface area contributed by atoms with Crippen molar-refractivity contribution >= 4 is 28.2 Å². The smallest absolute Gasteiger partial charge is 0.226 e. The van der Waals surface area contributed by atoms with Gasteiger partial charge in [0.25, 0.3) is 0 Å². The quantitative estimate of drug-likeness (QED) is 0.441. The fourth-order valence-electron chi connectivity index (χ4n) is 5.30. The number of aryl methyl sites for hydroxylation is 1. The highest BCUT2D eigenvalue weighted by Crippen LogP contribution is 2.36. The van der Waals surface area contributed by atoms with Crippen LogP contribution >= 0.6 is 0 Å². The van der Waals surface area contributed by atoms with Gasteiger partial charge in [-0.2, -0.15) is 5.10 Å². The van der Waals surface area contributed by atoms with Crippen LogP contribution < -0.4 is 15.5 Å². The van der Waals surface area contributed by atoms with Crippen LogP contribution in [0.2, 0.25) is 0 Å². The molecule has 0 saturated carbocycles. The average molecular weight is 483 g/mol. The van der Waals surface area contributed by atoms with Crippen molar-refractivity contribution in [2.24, 2.45) is 12.8 Å². The summed E-state index contributed by atoms with van der Waals surface area (Å²) in [5, 5.41) is 5.53. The van der Waals surface area contributed by atoms with Gasteiger partial charge in [0.1, 0.15) is 5.82 Å². The van der Waals surface area contributed by atoms with Crippen LogP contribution in [-0.4, -0.2) is 45.4 Å². The molecular formula is C27H27FN8. The monoisotopic (exact) mass is 482 g/mol. The first kappa shape index (κ1) is 22.4. The van der Waals surface area contributed by atoms with Gasteiger partial charge in [-0.15, -0.1) is 0 Å². The topological polar surface area (TPSA) is 80.5 Å². The van der Waals surface area contributed by atoms with Crippen LogP contribution in [0.5, 0.6) is 0 Å². The van der Waals surface area contributed by atoms with Crippen molar-refractivity contribution < 1.29 is 4.39 Å². The lowest BCUT2D eigenvalue weighted by Crippen LogP contribution is -2.41. The molecule has 2 aliphatic rings. The second-order valence-corrected chi connectivity index (χ2v) is 9.55. The first-order valence-corrected chi connectivity index (χ1v) is 12.2. The normalized spacial score (nSPS) is 16.3. The van der Waals surface area contributed by atoms with Gasteiger partial charge >= 0.3 is 0 Å². The Morgan fingerprint density at radius 2 is 1.92 bits per heavy atom. The molecular weight excluding hydrogens is 455 g/mol. The second-order valence-electron chi connectivity index (χ2n) is 9.55. The van der Waals surface area contributed by atoms with E-state index in [0.29, 0.717) is 18.1 Å². The van der Waals surface area contributed by atoms with E-state index in [4.69, 9.17) is 22.3 Å². The van der Waals surface area contributed by atoms with Crippen LogP contribution in [0.15, 0.2) is 42.6 Å². The summed E-state index contributed by atoms with van der Waals surface area (Å²) in [4.78, 5) is 17.8. The molecule has 1 fully saturated rings. The van der Waals surface area contributed by atoms with Crippen molar-refractivity contribution in [3.05, 3.63) is 71.1 Å². The highest BCUT2D eigenvalue weighted by atomic mass is 19.1. The summed E-state index contributed by atoms with van der Waals surface area (Å²) in [6.07, 6.45) is 4.42. The van der Waals surface area contributed by atoms with Gasteiger partial charge in [0.2, 0.25) is 11.6 Å². The van der Waals surface area contributed by atoms with Gasteiger partial charge in [-0.05, 0) is 25.0 Å². The van der Waals surface area contributed by atoms with Crippen LogP contribution in [0.1, 0.15) is 24.1 Å². The SMILES string of the molecule is [C-]#[N+]c1ccc(-c2nc(N3CCC(N)CC3)nc3c2CN(c2cccc4cnn(C)c24)CC3)cc1F. The summed E-state index contributed by atoms with van der Waals surface area (Å²) in [5.41, 5.74) is 11.7. The van der Waals surface area contributed by atoms with E-state index in [0.717, 1.165) is 72.4 Å². The number of anilines is 2. The summed E-state index contributed by atoms with van der Waals surface area (Å²) in [6, 6.07) is 11.2. The third-order valence-corrected chi connectivity index (χ3v) is 7.29. The van der Waals surface area contributed by atoms with Crippen molar-refractivity contribution in [2.45, 2.75) is 31.8 Å². The zero-order chi connectivity index (χ0) is 24.8. The van der Waals surface area contributed by atoms with Crippen molar-refractivity contribution in [3.8, 4) is 11.3 Å². The molecule has 0 aliphatic carbocycles. The molecule has 2 N–H and O–H groups in total. The lowest BCUT2D eigenvalue weighted by atomic mass is 9.98. The summed E-state index contributed by atoms with van der Waals surface area (Å²) in [6.45, 7) is 10.2. The number of hydrogen-bond donors (Lipinski definition) is 1. The predicted octanol–water partition coefficient (Wildman–Crippen LogP) is 4.21. The van der Waals surface area contributed by atoms with Crippen LogP contribution in [-0.2, 0) is 20.0 Å². The Labute approximate surface area is 209 Å². The lowest BCUT2D eigenvalue weighted by Gasteiger charge is -2.34. The third-order valence-electron chi connectivity index (χ3n) is 7.29. The number of halogens is 1. The second kappa shape index (κ2) is 8.88. The maximum absolute atomic E-state index is 14.7. The van der Waals surface area contributed by atoms with Crippen LogP contribution in [0, 0.1) is 12.4 Å². The van der Waals surface area contributed by atoms with Gasteiger partial charge in [-0.25, -0.2) is 19.2 Å². The van der Waals surface area contributed by atoms with Crippen LogP contribution in [0.3, 0.4) is 0 Å². The number of aromatic nitrogens is 4. The van der Waals surface area contributed by atoms with Gasteiger partial charge in [-0.3, -0.25) is 4.68 Å². The summed E-state index contributed by atoms with van der Waals surface area (Å²) in [7, 11) is 1.96. The molecule has 0 bridgehead atoms. The minimum absolute atomic E-state index is 0.0106. The largest absolute Gasteiger partial charge is 0.365 e. The molecule has 2 aromatic carbocycles. The number of hydrogen-bond acceptors (Lipinski definition) is 6. The Balaban J connectivity index is 1.45. The van der Waals surface area contributed by atoms with Crippen molar-refractivity contribution in [2.75, 3.05) is 29.4 Å². The molecule has 0 atom stereocenters. The Morgan fingerprint density at radius 1 is 1.08 bits per heavy atom. The van der Waals surface area contributed by atoms with Crippen molar-refractivity contribution in [3.63, 3.8) is 0 Å². The molecule has 4 heterocycles. The molecule has 2 aromatic heterocycles. The van der Waals surface area contributed by atoms with Crippen LogP contribution in [0.4, 0.5) is 21.7 Å². The van der Waals surface area contributed by atoms with E-state index < -0.39 is 5.82 Å². The fraction of sp³-hybridized carbons (Fsp3) is 0.333. The first-order valence-electron chi connectivity index (χ1n) is 12.2. The molecule has 4 aromatic rings. The van der Waals surface area contributed by atoms with Gasteiger partial charge in [0, 0.05) is 62.2 Å². The molecule has 8 nitrogen and oxygen atoms in total. The summed E-state index contributed by atoms with van der Waals surface area (Å²) in [5.74, 6) is 0.139. The maximum atomic E-state index is 14.7. The average Bonchev–Trinajstić information content (AvgIpc) is 3.29. The van der Waals surface area contributed by atoms with Gasteiger partial charge in [0.05, 0.1) is 35.4 Å². The van der Waals surface area contributed by atoms with E-state index in [9.17, 15) is 4.39 Å². The molecule has 6 rings (SSSR count). The standard InChI is InChI=1S/C27H27FN8/c1-30-23-7-6-17(14-21(23)28)25-20-16-36(24-5-3-4-18-15-31-34(2)26(18)24)13-10-22(20)32-27(33-25)35-11-8-19(29)9-12-35/h3-7,14-15,19H,8-13,16,29H2,2H3. The minimum Gasteiger partial charge on any atom is -0.365 e. The van der Waals surface area contributed by atoms with Crippen molar-refractivity contribution in [1.82, 2.24) is 19.7 Å². The number of piperidine rings is 1. The molecule has 1 saturated heterocycles. The highest BCUT2D eigenvalue weighted by Gasteiger charge is 2.27. The van der Waals surface area contributed by atoms with Gasteiger partial charge < -0.3 is 15.5 Å². The molecule has 36 heavy (non-hydrogen) atoms. The minimum atomic E-state index is -0.535. The summed E-state index contributed by atoms with van der Waals surface area (Å²) < 4.78 is 16.6. The Kier molecular flexibility index (Phi) is 5.53. The molecule has 0 amide bonds. The number of fused-ring (bicyclic) bond motifs is 2. The van der Waals surface area contributed by atoms with E-state index in [-0.39, 0.29) is 11.7 Å². The van der Waals surface area contributed by atoms with Crippen LogP contribution in [0.25, 0.3) is 27.0 Å². The van der Waals surface area contributed by atoms with E-state index in [1.165, 1.54) is 12.1 Å². The maximum Gasteiger partial charge on any atom is 0.226 e. The Hall–Kier alpha value is -4.03. The zero-order valence-corrected chi connectivity index (χ0v) is 20.2. The fourth-order valence-corrected chi connectivity index (χ4v) is 5.30. The third kappa shape index (κ3) is 3.84.